The summed E-state index contributed by atoms with van der Waals surface area (Å²) in [6.07, 6.45) is -2.83. The van der Waals surface area contributed by atoms with Crippen molar-refractivity contribution in [2.75, 3.05) is 22.5 Å². The predicted octanol–water partition coefficient (Wildman–Crippen LogP) is 0.160. The van der Waals surface area contributed by atoms with Gasteiger partial charge in [0.05, 0.1) is 12.1 Å². The Morgan fingerprint density at radius 2 is 1.97 bits per heavy atom. The molecular weight excluding hydrogens is 420 g/mol. The average Bonchev–Trinajstić information content (AvgIpc) is 2.67. The molecule has 2 rings (SSSR count). The quantitative estimate of drug-likeness (QED) is 0.348. The molecule has 0 saturated carbocycles. The lowest BCUT2D eigenvalue weighted by molar-refractivity contribution is -0.123. The van der Waals surface area contributed by atoms with E-state index in [4.69, 9.17) is 10.5 Å². The number of amides is 2. The number of nitrogens with two attached hydrogens (primary N) is 1. The molecule has 7 N–H and O–H groups in total. The number of hydrogen-bond donors (Lipinski definition) is 6. The lowest BCUT2D eigenvalue weighted by atomic mass is 9.94. The maximum Gasteiger partial charge on any atom is 0.408 e. The molecule has 1 aliphatic heterocycles. The smallest absolute Gasteiger partial charge is 0.408 e. The van der Waals surface area contributed by atoms with Gasteiger partial charge in [0, 0.05) is 6.54 Å². The number of nitrogens with zero attached hydrogens (tertiary/aromatic N) is 2. The molecule has 0 fully saturated rings. The molecule has 2 heterocycles. The van der Waals surface area contributed by atoms with E-state index in [2.05, 4.69) is 20.6 Å². The van der Waals surface area contributed by atoms with Crippen molar-refractivity contribution in [2.24, 2.45) is 5.92 Å². The topological polar surface area (TPSA) is 183 Å². The average molecular weight is 455 g/mol. The normalized spacial score (nSPS) is 19.8. The molecule has 0 spiro atoms. The number of aliphatic hydroxyl groups excluding tert-OH is 2. The van der Waals surface area contributed by atoms with E-state index < -0.39 is 47.5 Å². The Balaban J connectivity index is 2.54. The summed E-state index contributed by atoms with van der Waals surface area (Å²) < 4.78 is 5.30. The monoisotopic (exact) mass is 454 g/mol. The Morgan fingerprint density at radius 1 is 1.34 bits per heavy atom. The second-order valence-electron chi connectivity index (χ2n) is 9.05. The third-order valence-corrected chi connectivity index (χ3v) is 5.25. The van der Waals surface area contributed by atoms with Crippen molar-refractivity contribution in [3.8, 4) is 0 Å². The molecule has 2 amide bonds. The largest absolute Gasteiger partial charge is 0.444 e. The van der Waals surface area contributed by atoms with Gasteiger partial charge in [-0.05, 0) is 33.6 Å². The van der Waals surface area contributed by atoms with E-state index in [1.165, 1.54) is 6.92 Å². The maximum atomic E-state index is 13.8. The van der Waals surface area contributed by atoms with Crippen LogP contribution < -0.4 is 26.8 Å². The Kier molecular flexibility index (Phi) is 7.73. The van der Waals surface area contributed by atoms with Crippen LogP contribution in [0.15, 0.2) is 4.79 Å². The minimum absolute atomic E-state index is 0.0177. The van der Waals surface area contributed by atoms with Crippen molar-refractivity contribution in [1.29, 1.82) is 0 Å². The Labute approximate surface area is 186 Å². The number of ether oxygens (including phenoxy) is 1. The fraction of sp³-hybridized carbons (Fsp3) is 0.700. The molecule has 32 heavy (non-hydrogen) atoms. The lowest BCUT2D eigenvalue weighted by Gasteiger charge is -2.42. The van der Waals surface area contributed by atoms with Gasteiger partial charge in [-0.3, -0.25) is 14.5 Å². The van der Waals surface area contributed by atoms with E-state index in [1.54, 1.807) is 27.7 Å². The molecule has 5 unspecified atom stereocenters. The highest BCUT2D eigenvalue weighted by atomic mass is 16.6. The minimum atomic E-state index is -1.38. The summed E-state index contributed by atoms with van der Waals surface area (Å²) in [4.78, 5) is 46.4. The summed E-state index contributed by atoms with van der Waals surface area (Å²) in [6, 6.07) is -2.07. The molecule has 1 aromatic rings. The zero-order chi connectivity index (χ0) is 24.4. The van der Waals surface area contributed by atoms with E-state index in [0.717, 1.165) is 4.90 Å². The summed E-state index contributed by atoms with van der Waals surface area (Å²) in [7, 11) is 0. The zero-order valence-electron chi connectivity index (χ0n) is 19.3. The number of rotatable bonds is 6. The van der Waals surface area contributed by atoms with Gasteiger partial charge in [-0.1, -0.05) is 20.3 Å². The highest BCUT2D eigenvalue weighted by Crippen LogP contribution is 2.30. The van der Waals surface area contributed by atoms with Gasteiger partial charge in [0.15, 0.2) is 5.69 Å². The van der Waals surface area contributed by atoms with Crippen molar-refractivity contribution in [2.45, 2.75) is 77.9 Å². The van der Waals surface area contributed by atoms with Crippen LogP contribution >= 0.6 is 0 Å². The Morgan fingerprint density at radius 3 is 2.50 bits per heavy atom. The number of aliphatic hydroxyl groups is 2. The van der Waals surface area contributed by atoms with E-state index in [9.17, 15) is 24.6 Å². The Hall–Kier alpha value is -2.86. The summed E-state index contributed by atoms with van der Waals surface area (Å²) in [5, 5.41) is 26.1. The number of alkyl carbamates (subject to hydrolysis) is 1. The fourth-order valence-corrected chi connectivity index (χ4v) is 3.44. The maximum absolute atomic E-state index is 13.8. The molecule has 180 valence electrons. The van der Waals surface area contributed by atoms with Crippen LogP contribution in [0.1, 0.15) is 48.0 Å². The molecule has 0 aromatic carbocycles. The first-order chi connectivity index (χ1) is 14.8. The number of H-pyrrole nitrogens is 1. The molecular formula is C20H34N6O6. The van der Waals surface area contributed by atoms with Crippen LogP contribution in [0.2, 0.25) is 0 Å². The molecule has 12 nitrogen and oxygen atoms in total. The number of anilines is 3. The number of aromatic amines is 1. The van der Waals surface area contributed by atoms with E-state index >= 15 is 0 Å². The van der Waals surface area contributed by atoms with Gasteiger partial charge in [-0.2, -0.15) is 4.98 Å². The van der Waals surface area contributed by atoms with Gasteiger partial charge in [-0.25, -0.2) is 4.79 Å². The second kappa shape index (κ2) is 9.74. The van der Waals surface area contributed by atoms with Crippen LogP contribution in [-0.4, -0.2) is 68.6 Å². The summed E-state index contributed by atoms with van der Waals surface area (Å²) in [5.74, 6) is -0.966. The second-order valence-corrected chi connectivity index (χ2v) is 9.05. The highest BCUT2D eigenvalue weighted by molar-refractivity contribution is 6.02. The predicted molar refractivity (Wildman–Crippen MR) is 119 cm³/mol. The van der Waals surface area contributed by atoms with Crippen molar-refractivity contribution in [1.82, 2.24) is 15.3 Å². The number of carbonyl (C=O) groups is 2. The highest BCUT2D eigenvalue weighted by Gasteiger charge is 2.43. The minimum Gasteiger partial charge on any atom is -0.444 e. The van der Waals surface area contributed by atoms with E-state index in [-0.39, 0.29) is 29.9 Å². The lowest BCUT2D eigenvalue weighted by Crippen LogP contribution is -2.63. The first-order valence-electron chi connectivity index (χ1n) is 10.6. The van der Waals surface area contributed by atoms with Crippen LogP contribution in [0.3, 0.4) is 0 Å². The number of hydrogen-bond acceptors (Lipinski definition) is 9. The summed E-state index contributed by atoms with van der Waals surface area (Å²) in [5.41, 5.74) is 3.90. The Bertz CT molecular complexity index is 896. The van der Waals surface area contributed by atoms with Crippen LogP contribution in [0.5, 0.6) is 0 Å². The van der Waals surface area contributed by atoms with E-state index in [1.807, 2.05) is 6.92 Å². The molecule has 1 aromatic heterocycles. The third-order valence-electron chi connectivity index (χ3n) is 5.25. The number of fused-ring (bicyclic) bond motifs is 1. The number of nitrogens with one attached hydrogen (secondary N) is 3. The van der Waals surface area contributed by atoms with Crippen molar-refractivity contribution < 1.29 is 24.5 Å². The van der Waals surface area contributed by atoms with Crippen LogP contribution in [0.4, 0.5) is 22.2 Å². The van der Waals surface area contributed by atoms with Gasteiger partial charge >= 0.3 is 11.7 Å². The third kappa shape index (κ3) is 5.68. The van der Waals surface area contributed by atoms with Crippen molar-refractivity contribution in [3.63, 3.8) is 0 Å². The van der Waals surface area contributed by atoms with Crippen LogP contribution in [0, 0.1) is 5.92 Å². The van der Waals surface area contributed by atoms with Gasteiger partial charge in [0.2, 0.25) is 5.95 Å². The van der Waals surface area contributed by atoms with Crippen molar-refractivity contribution in [3.05, 3.63) is 10.4 Å². The SMILES string of the molecule is CCC(C)C(NC(=O)OC(C)(C)C)C(=O)N1c2c([nH]c(N)nc2=O)NCC1C(O)C(C)O. The fourth-order valence-electron chi connectivity index (χ4n) is 3.44. The number of nitrogen functional groups attached to an aromatic ring is 1. The number of carbonyl (C=O) groups excluding carboxylic acids is 2. The van der Waals surface area contributed by atoms with Gasteiger partial charge < -0.3 is 36.3 Å². The summed E-state index contributed by atoms with van der Waals surface area (Å²) >= 11 is 0. The summed E-state index contributed by atoms with van der Waals surface area (Å²) in [6.45, 7) is 10.1. The molecule has 0 bridgehead atoms. The standard InChI is InChI=1S/C20H34N6O6/c1-7-9(2)12(23-19(31)32-20(4,5)6)17(30)26-11(14(28)10(3)27)8-22-15-13(26)16(29)25-18(21)24-15/h9-12,14,27-28H,7-8H2,1-6H3,(H,23,31)(H4,21,22,24,25,29). The van der Waals surface area contributed by atoms with Gasteiger partial charge in [0.1, 0.15) is 23.6 Å². The van der Waals surface area contributed by atoms with Crippen molar-refractivity contribution >= 4 is 29.5 Å². The molecule has 0 saturated heterocycles. The van der Waals surface area contributed by atoms with Gasteiger partial charge in [-0.15, -0.1) is 0 Å². The van der Waals surface area contributed by atoms with Crippen LogP contribution in [-0.2, 0) is 9.53 Å². The van der Waals surface area contributed by atoms with E-state index in [0.29, 0.717) is 6.42 Å². The molecule has 0 aliphatic carbocycles. The molecule has 1 aliphatic rings. The molecule has 0 radical (unpaired) electrons. The molecule has 12 heteroatoms. The zero-order valence-corrected chi connectivity index (χ0v) is 19.3. The first-order valence-corrected chi connectivity index (χ1v) is 10.6. The van der Waals surface area contributed by atoms with Crippen LogP contribution in [0.25, 0.3) is 0 Å². The number of aromatic nitrogens is 2. The van der Waals surface area contributed by atoms with Gasteiger partial charge in [0.25, 0.3) is 5.91 Å². The first kappa shape index (κ1) is 25.4. The molecule has 5 atom stereocenters.